The van der Waals surface area contributed by atoms with Crippen molar-refractivity contribution in [1.29, 1.82) is 0 Å². The van der Waals surface area contributed by atoms with Gasteiger partial charge in [-0.3, -0.25) is 4.79 Å². The summed E-state index contributed by atoms with van der Waals surface area (Å²) < 4.78 is 0. The Bertz CT molecular complexity index is 325. The fraction of sp³-hybridized carbons (Fsp3) is 0.364. The summed E-state index contributed by atoms with van der Waals surface area (Å²) in [4.78, 5) is 11.1. The summed E-state index contributed by atoms with van der Waals surface area (Å²) in [6.07, 6.45) is 0. The molecule has 0 aliphatic carbocycles. The van der Waals surface area contributed by atoms with Crippen LogP contribution in [0.25, 0.3) is 0 Å². The van der Waals surface area contributed by atoms with Crippen molar-refractivity contribution in [3.05, 3.63) is 35.4 Å². The van der Waals surface area contributed by atoms with Crippen molar-refractivity contribution in [1.82, 2.24) is 5.32 Å². The molecule has 0 spiro atoms. The lowest BCUT2D eigenvalue weighted by atomic mass is 10.0. The van der Waals surface area contributed by atoms with Crippen LogP contribution < -0.4 is 5.32 Å². The van der Waals surface area contributed by atoms with Crippen LogP contribution in [0, 0.1) is 6.92 Å². The third-order valence-electron chi connectivity index (χ3n) is 2.15. The van der Waals surface area contributed by atoms with Gasteiger partial charge in [0.1, 0.15) is 0 Å². The quantitative estimate of drug-likeness (QED) is 0.827. The first-order chi connectivity index (χ1) is 6.65. The van der Waals surface area contributed by atoms with Gasteiger partial charge in [0.25, 0.3) is 0 Å². The van der Waals surface area contributed by atoms with E-state index in [2.05, 4.69) is 21.2 Å². The second-order valence-electron chi connectivity index (χ2n) is 3.28. The van der Waals surface area contributed by atoms with E-state index in [9.17, 15) is 4.79 Å². The summed E-state index contributed by atoms with van der Waals surface area (Å²) in [7, 11) is 0. The SMILES string of the molecule is Cc1ccccc1C(C)NC(=O)CBr. The third-order valence-corrected chi connectivity index (χ3v) is 2.66. The highest BCUT2D eigenvalue weighted by atomic mass is 79.9. The first-order valence-electron chi connectivity index (χ1n) is 4.56. The minimum atomic E-state index is 0.0146. The number of carbonyl (C=O) groups is 1. The van der Waals surface area contributed by atoms with Gasteiger partial charge >= 0.3 is 0 Å². The van der Waals surface area contributed by atoms with Gasteiger partial charge in [0.2, 0.25) is 5.91 Å². The van der Waals surface area contributed by atoms with Crippen molar-refractivity contribution in [3.63, 3.8) is 0 Å². The maximum Gasteiger partial charge on any atom is 0.231 e. The van der Waals surface area contributed by atoms with Crippen LogP contribution in [0.3, 0.4) is 0 Å². The lowest BCUT2D eigenvalue weighted by molar-refractivity contribution is -0.119. The molecule has 76 valence electrons. The monoisotopic (exact) mass is 255 g/mol. The highest BCUT2D eigenvalue weighted by Gasteiger charge is 2.09. The van der Waals surface area contributed by atoms with E-state index in [0.29, 0.717) is 5.33 Å². The number of rotatable bonds is 3. The summed E-state index contributed by atoms with van der Waals surface area (Å²) in [6.45, 7) is 4.04. The fourth-order valence-electron chi connectivity index (χ4n) is 1.43. The second kappa shape index (κ2) is 5.15. The number of benzene rings is 1. The molecule has 0 bridgehead atoms. The number of carbonyl (C=O) groups excluding carboxylic acids is 1. The van der Waals surface area contributed by atoms with Gasteiger partial charge < -0.3 is 5.32 Å². The molecule has 0 heterocycles. The summed E-state index contributed by atoms with van der Waals surface area (Å²) >= 11 is 3.12. The van der Waals surface area contributed by atoms with Crippen LogP contribution in [0.15, 0.2) is 24.3 Å². The molecule has 0 aliphatic heterocycles. The van der Waals surface area contributed by atoms with Crippen LogP contribution in [-0.4, -0.2) is 11.2 Å². The van der Waals surface area contributed by atoms with Crippen LogP contribution in [0.5, 0.6) is 0 Å². The Labute approximate surface area is 92.8 Å². The lowest BCUT2D eigenvalue weighted by Gasteiger charge is -2.15. The smallest absolute Gasteiger partial charge is 0.231 e. The van der Waals surface area contributed by atoms with Crippen molar-refractivity contribution in [2.24, 2.45) is 0 Å². The van der Waals surface area contributed by atoms with E-state index >= 15 is 0 Å². The molecule has 2 nitrogen and oxygen atoms in total. The lowest BCUT2D eigenvalue weighted by Crippen LogP contribution is -2.27. The first-order valence-corrected chi connectivity index (χ1v) is 5.68. The predicted molar refractivity (Wildman–Crippen MR) is 61.5 cm³/mol. The molecule has 0 aromatic heterocycles. The molecule has 1 aromatic rings. The zero-order chi connectivity index (χ0) is 10.6. The Hall–Kier alpha value is -0.830. The second-order valence-corrected chi connectivity index (χ2v) is 3.84. The molecule has 1 amide bonds. The summed E-state index contributed by atoms with van der Waals surface area (Å²) in [5.74, 6) is 0.0146. The zero-order valence-corrected chi connectivity index (χ0v) is 9.97. The maximum atomic E-state index is 11.1. The van der Waals surface area contributed by atoms with Gasteiger partial charge in [0.15, 0.2) is 0 Å². The number of nitrogens with one attached hydrogen (secondary N) is 1. The van der Waals surface area contributed by atoms with Gasteiger partial charge in [-0.15, -0.1) is 0 Å². The highest BCUT2D eigenvalue weighted by molar-refractivity contribution is 9.09. The molecular weight excluding hydrogens is 242 g/mol. The summed E-state index contributed by atoms with van der Waals surface area (Å²) in [5.41, 5.74) is 2.37. The summed E-state index contributed by atoms with van der Waals surface area (Å²) in [6, 6.07) is 8.14. The molecule has 0 aliphatic rings. The molecule has 3 heteroatoms. The normalized spacial score (nSPS) is 12.2. The van der Waals surface area contributed by atoms with Gasteiger partial charge in [-0.2, -0.15) is 0 Å². The van der Waals surface area contributed by atoms with E-state index in [1.54, 1.807) is 0 Å². The Balaban J connectivity index is 2.74. The Morgan fingerprint density at radius 3 is 2.71 bits per heavy atom. The number of hydrogen-bond donors (Lipinski definition) is 1. The van der Waals surface area contributed by atoms with Crippen molar-refractivity contribution in [3.8, 4) is 0 Å². The number of hydrogen-bond acceptors (Lipinski definition) is 1. The van der Waals surface area contributed by atoms with Crippen LogP contribution in [0.1, 0.15) is 24.1 Å². The Morgan fingerprint density at radius 2 is 2.14 bits per heavy atom. The van der Waals surface area contributed by atoms with Crippen molar-refractivity contribution in [2.75, 3.05) is 5.33 Å². The molecule has 0 saturated carbocycles. The Morgan fingerprint density at radius 1 is 1.50 bits per heavy atom. The van der Waals surface area contributed by atoms with Gasteiger partial charge in [0.05, 0.1) is 11.4 Å². The van der Waals surface area contributed by atoms with Gasteiger partial charge in [0, 0.05) is 0 Å². The molecule has 1 rings (SSSR count). The average molecular weight is 256 g/mol. The van der Waals surface area contributed by atoms with E-state index in [0.717, 1.165) is 0 Å². The number of aryl methyl sites for hydroxylation is 1. The standard InChI is InChI=1S/C11H14BrNO/c1-8-5-3-4-6-10(8)9(2)13-11(14)7-12/h3-6,9H,7H2,1-2H3,(H,13,14). The molecule has 14 heavy (non-hydrogen) atoms. The van der Waals surface area contributed by atoms with Crippen LogP contribution in [0.4, 0.5) is 0 Å². The Kier molecular flexibility index (Phi) is 4.14. The minimum absolute atomic E-state index is 0.0146. The van der Waals surface area contributed by atoms with Crippen LogP contribution in [-0.2, 0) is 4.79 Å². The van der Waals surface area contributed by atoms with E-state index in [1.807, 2.05) is 38.1 Å². The highest BCUT2D eigenvalue weighted by Crippen LogP contribution is 2.16. The van der Waals surface area contributed by atoms with E-state index in [1.165, 1.54) is 11.1 Å². The fourth-order valence-corrected chi connectivity index (χ4v) is 1.59. The molecule has 0 radical (unpaired) electrons. The predicted octanol–water partition coefficient (Wildman–Crippen LogP) is 2.57. The van der Waals surface area contributed by atoms with Gasteiger partial charge in [-0.05, 0) is 25.0 Å². The summed E-state index contributed by atoms with van der Waals surface area (Å²) in [5, 5.41) is 3.25. The number of halogens is 1. The molecule has 1 N–H and O–H groups in total. The number of alkyl halides is 1. The molecule has 1 aromatic carbocycles. The van der Waals surface area contributed by atoms with Gasteiger partial charge in [-0.25, -0.2) is 0 Å². The van der Waals surface area contributed by atoms with Crippen molar-refractivity contribution >= 4 is 21.8 Å². The van der Waals surface area contributed by atoms with Crippen molar-refractivity contribution in [2.45, 2.75) is 19.9 Å². The largest absolute Gasteiger partial charge is 0.349 e. The van der Waals surface area contributed by atoms with E-state index in [4.69, 9.17) is 0 Å². The van der Waals surface area contributed by atoms with E-state index < -0.39 is 0 Å². The third kappa shape index (κ3) is 2.84. The minimum Gasteiger partial charge on any atom is -0.349 e. The van der Waals surface area contributed by atoms with Crippen LogP contribution in [0.2, 0.25) is 0 Å². The molecule has 1 unspecified atom stereocenters. The van der Waals surface area contributed by atoms with Gasteiger partial charge in [-0.1, -0.05) is 40.2 Å². The van der Waals surface area contributed by atoms with Crippen molar-refractivity contribution < 1.29 is 4.79 Å². The first kappa shape index (κ1) is 11.2. The van der Waals surface area contributed by atoms with Crippen LogP contribution >= 0.6 is 15.9 Å². The molecule has 1 atom stereocenters. The topological polar surface area (TPSA) is 29.1 Å². The zero-order valence-electron chi connectivity index (χ0n) is 8.38. The molecule has 0 saturated heterocycles. The molecular formula is C11H14BrNO. The number of amides is 1. The average Bonchev–Trinajstić information content (AvgIpc) is 2.18. The molecule has 0 fully saturated rings. The van der Waals surface area contributed by atoms with E-state index in [-0.39, 0.29) is 11.9 Å². The maximum absolute atomic E-state index is 11.1.